The first-order chi connectivity index (χ1) is 13.5. The second-order valence-corrected chi connectivity index (χ2v) is 8.26. The minimum Gasteiger partial charge on any atom is -0.481 e. The topological polar surface area (TPSA) is 86.6 Å². The van der Waals surface area contributed by atoms with Crippen molar-refractivity contribution < 1.29 is 23.7 Å². The van der Waals surface area contributed by atoms with Crippen molar-refractivity contribution in [2.24, 2.45) is 0 Å². The Labute approximate surface area is 178 Å². The second kappa shape index (κ2) is 11.5. The molecule has 0 aromatic carbocycles. The smallest absolute Gasteiger partial charge is 0.481 e. The van der Waals surface area contributed by atoms with Crippen LogP contribution in [0.25, 0.3) is 11.3 Å². The molecule has 0 saturated carbocycles. The molecule has 1 N–H and O–H groups in total. The van der Waals surface area contributed by atoms with Gasteiger partial charge in [0.25, 0.3) is 0 Å². The number of pyridine rings is 1. The number of methoxy groups -OCH3 is 1. The molecule has 0 amide bonds. The summed E-state index contributed by atoms with van der Waals surface area (Å²) < 4.78 is 32.1. The van der Waals surface area contributed by atoms with Crippen LogP contribution >= 0.6 is 12.9 Å². The number of aliphatic hydroxyl groups excluding tert-OH is 1. The molecule has 0 aliphatic carbocycles. The van der Waals surface area contributed by atoms with Crippen molar-refractivity contribution in [3.63, 3.8) is 0 Å². The van der Waals surface area contributed by atoms with Gasteiger partial charge in [-0.15, -0.1) is 13.2 Å². The summed E-state index contributed by atoms with van der Waals surface area (Å²) in [6, 6.07) is 1.42. The van der Waals surface area contributed by atoms with Crippen molar-refractivity contribution in [3.05, 3.63) is 59.1 Å². The molecule has 1 aliphatic heterocycles. The van der Waals surface area contributed by atoms with E-state index in [1.807, 2.05) is 4.21 Å². The van der Waals surface area contributed by atoms with Gasteiger partial charge in [-0.2, -0.15) is 4.21 Å². The molecule has 28 heavy (non-hydrogen) atoms. The van der Waals surface area contributed by atoms with Crippen molar-refractivity contribution in [3.8, 4) is 17.1 Å². The first-order valence-electron chi connectivity index (χ1n) is 8.33. The first-order valence-corrected chi connectivity index (χ1v) is 13.0. The van der Waals surface area contributed by atoms with Gasteiger partial charge in [-0.25, -0.2) is 14.4 Å². The molecule has 0 radical (unpaired) electrons. The van der Waals surface area contributed by atoms with Crippen LogP contribution < -0.4 is 4.74 Å². The molecule has 146 valence electrons. The Bertz CT molecular complexity index is 821. The third-order valence-corrected chi connectivity index (χ3v) is 5.18. The van der Waals surface area contributed by atoms with Crippen molar-refractivity contribution in [2.75, 3.05) is 20.3 Å². The maximum atomic E-state index is 14.3. The fourth-order valence-electron chi connectivity index (χ4n) is 2.28. The van der Waals surface area contributed by atoms with E-state index in [1.165, 1.54) is 25.4 Å². The van der Waals surface area contributed by atoms with Crippen molar-refractivity contribution in [2.45, 2.75) is 12.4 Å². The average Bonchev–Trinajstić information content (AvgIpc) is 3.28. The monoisotopic (exact) mass is 463 g/mol. The highest BCUT2D eigenvalue weighted by Gasteiger charge is 2.27. The Hall–Kier alpha value is -1.43. The zero-order valence-corrected chi connectivity index (χ0v) is 18.3. The Balaban J connectivity index is 0.000000640. The van der Waals surface area contributed by atoms with E-state index in [0.29, 0.717) is 13.2 Å². The van der Waals surface area contributed by atoms with E-state index in [4.69, 9.17) is 14.2 Å². The van der Waals surface area contributed by atoms with Gasteiger partial charge in [-0.05, 0) is 0 Å². The highest BCUT2D eigenvalue weighted by atomic mass is 79.9. The maximum absolute atomic E-state index is 14.3. The molecule has 0 bridgehead atoms. The highest BCUT2D eigenvalue weighted by Crippen LogP contribution is 2.33. The van der Waals surface area contributed by atoms with Crippen LogP contribution in [0.3, 0.4) is 0 Å². The van der Waals surface area contributed by atoms with Gasteiger partial charge in [0.1, 0.15) is 17.5 Å². The van der Waals surface area contributed by atoms with Gasteiger partial charge in [-0.3, -0.25) is 17.9 Å². The normalized spacial score (nSPS) is 14.4. The third-order valence-electron chi connectivity index (χ3n) is 3.59. The van der Waals surface area contributed by atoms with Crippen LogP contribution in [0.4, 0.5) is 4.39 Å². The Kier molecular flexibility index (Phi) is 9.42. The predicted molar refractivity (Wildman–Crippen MR) is 106 cm³/mol. The number of nitrogens with zero attached hydrogens (tertiary/aromatic N) is 3. The van der Waals surface area contributed by atoms with Gasteiger partial charge in [0.15, 0.2) is 5.82 Å². The van der Waals surface area contributed by atoms with E-state index in [0.717, 1.165) is 6.20 Å². The summed E-state index contributed by atoms with van der Waals surface area (Å²) in [7, 11) is 1.43. The quantitative estimate of drug-likeness (QED) is 0.519. The van der Waals surface area contributed by atoms with Crippen LogP contribution in [0.5, 0.6) is 5.88 Å². The standard InChI is InChI=1S/C16H16FN3O4.C2H3.BrH.Mg/c1-3-12(21)11-8-19-14(15(20-11)16-23-4-5-24-16)9-6-13(22-2)18-7-10(9)17;1-2;;/h3,6-8,12,16,21H,1,4-5H2,2H3;1H,2H2;1H;/q;;;+1/p-1. The largest absolute Gasteiger partial charge is 0.497 e. The average molecular weight is 465 g/mol. The summed E-state index contributed by atoms with van der Waals surface area (Å²) in [5.74, 6) is -0.344. The summed E-state index contributed by atoms with van der Waals surface area (Å²) in [5.41, 5.74) is 0.936. The van der Waals surface area contributed by atoms with Crippen LogP contribution in [0.15, 0.2) is 41.9 Å². The molecule has 10 heteroatoms. The van der Waals surface area contributed by atoms with E-state index in [-0.39, 0.29) is 46.7 Å². The number of ether oxygens (including phenoxy) is 3. The lowest BCUT2D eigenvalue weighted by Crippen LogP contribution is -2.10. The molecular formula is C18H19BrFMgN3O4. The molecule has 1 aliphatic rings. The third kappa shape index (κ3) is 5.78. The lowest BCUT2D eigenvalue weighted by molar-refractivity contribution is -0.0473. The van der Waals surface area contributed by atoms with Crippen molar-refractivity contribution in [1.29, 1.82) is 0 Å². The summed E-state index contributed by atoms with van der Waals surface area (Å²) in [5, 5.41) is 9.89. The van der Waals surface area contributed by atoms with Gasteiger partial charge >= 0.3 is 18.2 Å². The molecule has 1 fully saturated rings. The molecule has 3 heterocycles. The molecule has 3 rings (SSSR count). The van der Waals surface area contributed by atoms with Crippen molar-refractivity contribution in [1.82, 2.24) is 15.0 Å². The Morgan fingerprint density at radius 3 is 2.61 bits per heavy atom. The van der Waals surface area contributed by atoms with E-state index in [2.05, 4.69) is 41.0 Å². The van der Waals surface area contributed by atoms with Gasteiger partial charge in [0.05, 0.1) is 38.4 Å². The van der Waals surface area contributed by atoms with E-state index in [1.54, 1.807) is 0 Å². The fraction of sp³-hybridized carbons (Fsp3) is 0.278. The van der Waals surface area contributed by atoms with Crippen LogP contribution in [-0.2, 0) is 9.47 Å². The minimum atomic E-state index is -0.997. The van der Waals surface area contributed by atoms with Crippen LogP contribution in [-0.4, -0.2) is 58.6 Å². The van der Waals surface area contributed by atoms with Gasteiger partial charge < -0.3 is 19.3 Å². The van der Waals surface area contributed by atoms with Gasteiger partial charge in [0.2, 0.25) is 12.2 Å². The lowest BCUT2D eigenvalue weighted by Gasteiger charge is -2.16. The SMILES string of the molecule is C=CC(O)c1cnc(-c2cc(OC)ncc2F)c(C2OCCO2)n1.C=[CH][Mg][Br]. The summed E-state index contributed by atoms with van der Waals surface area (Å²) in [6.45, 7) is 7.79. The number of aromatic nitrogens is 3. The van der Waals surface area contributed by atoms with Crippen LogP contribution in [0, 0.1) is 5.82 Å². The summed E-state index contributed by atoms with van der Waals surface area (Å²) in [6.07, 6.45) is 1.93. The number of hydrogen-bond acceptors (Lipinski definition) is 7. The molecule has 2 aromatic rings. The summed E-state index contributed by atoms with van der Waals surface area (Å²) in [4.78, 5) is 12.4. The molecule has 0 spiro atoms. The molecular weight excluding hydrogens is 445 g/mol. The van der Waals surface area contributed by atoms with Crippen LogP contribution in [0.2, 0.25) is 0 Å². The number of aliphatic hydroxyl groups is 1. The predicted octanol–water partition coefficient (Wildman–Crippen LogP) is 3.10. The molecule has 2 aromatic heterocycles. The zero-order chi connectivity index (χ0) is 20.5. The van der Waals surface area contributed by atoms with Crippen LogP contribution in [0.1, 0.15) is 23.8 Å². The second-order valence-electron chi connectivity index (χ2n) is 5.43. The van der Waals surface area contributed by atoms with E-state index in [9.17, 15) is 9.50 Å². The van der Waals surface area contributed by atoms with Gasteiger partial charge in [-0.1, -0.05) is 6.08 Å². The highest BCUT2D eigenvalue weighted by molar-refractivity contribution is 9.23. The lowest BCUT2D eigenvalue weighted by atomic mass is 10.1. The Morgan fingerprint density at radius 2 is 2.04 bits per heavy atom. The zero-order valence-electron chi connectivity index (χ0n) is 15.3. The van der Waals surface area contributed by atoms with E-state index >= 15 is 0 Å². The molecule has 1 unspecified atom stereocenters. The Morgan fingerprint density at radius 1 is 1.36 bits per heavy atom. The molecule has 7 nitrogen and oxygen atoms in total. The maximum Gasteiger partial charge on any atom is 0.497 e. The number of hydrogen-bond donors (Lipinski definition) is 1. The molecule has 1 saturated heterocycles. The fourth-order valence-corrected chi connectivity index (χ4v) is 2.28. The molecule has 1 atom stereocenters. The minimum absolute atomic E-state index is 0.000772. The van der Waals surface area contributed by atoms with Crippen molar-refractivity contribution >= 4 is 31.1 Å². The first kappa shape index (κ1) is 22.9. The number of rotatable bonds is 6. The number of halogens is 2. The summed E-state index contributed by atoms with van der Waals surface area (Å²) >= 11 is 3.27. The van der Waals surface area contributed by atoms with E-state index < -0.39 is 18.2 Å². The van der Waals surface area contributed by atoms with Gasteiger partial charge in [0, 0.05) is 11.6 Å².